The minimum Gasteiger partial charge on any atom is -0.496 e. The van der Waals surface area contributed by atoms with Crippen LogP contribution in [0.15, 0.2) is 48.6 Å². The Kier molecular flexibility index (Phi) is 8.15. The van der Waals surface area contributed by atoms with Crippen molar-refractivity contribution in [3.8, 4) is 23.0 Å². The highest BCUT2D eigenvalue weighted by Gasteiger charge is 2.28. The van der Waals surface area contributed by atoms with Crippen LogP contribution in [-0.4, -0.2) is 37.6 Å². The molecule has 1 unspecified atom stereocenters. The molecular weight excluding hydrogens is 404 g/mol. The molecule has 1 aliphatic rings. The number of amides is 1. The Morgan fingerprint density at radius 1 is 1.10 bits per heavy atom. The average molecular weight is 433 g/mol. The number of halogens is 1. The van der Waals surface area contributed by atoms with Gasteiger partial charge in [0.15, 0.2) is 11.5 Å². The quantitative estimate of drug-likeness (QED) is 0.656. The van der Waals surface area contributed by atoms with Crippen LogP contribution in [0.4, 0.5) is 0 Å². The number of ether oxygens (including phenoxy) is 3. The molecule has 0 aliphatic carbocycles. The molecule has 6 nitrogen and oxygen atoms in total. The summed E-state index contributed by atoms with van der Waals surface area (Å²) in [5.41, 5.74) is 7.19. The minimum atomic E-state index is -0.0362. The second kappa shape index (κ2) is 10.4. The molecule has 1 aliphatic heterocycles. The zero-order valence-corrected chi connectivity index (χ0v) is 18.6. The van der Waals surface area contributed by atoms with Crippen LogP contribution in [0, 0.1) is 5.92 Å². The second-order valence-corrected chi connectivity index (χ2v) is 7.23. The van der Waals surface area contributed by atoms with Crippen LogP contribution >= 0.6 is 12.4 Å². The molecule has 1 atom stereocenters. The standard InChI is InChI=1S/C23H28N2O4.ClH/c1-15(2)18-7-6-12-25(18)23(26)16-10-11-21(28-4)22(13-16)29-20-9-5-8-19(27-3)17(20)14-24;/h5-11,13,15,18H,12,14,24H2,1-4H3;1H. The van der Waals surface area contributed by atoms with E-state index in [2.05, 4.69) is 19.9 Å². The Morgan fingerprint density at radius 3 is 2.43 bits per heavy atom. The monoisotopic (exact) mass is 432 g/mol. The van der Waals surface area contributed by atoms with Gasteiger partial charge in [-0.15, -0.1) is 12.4 Å². The van der Waals surface area contributed by atoms with E-state index in [1.54, 1.807) is 32.4 Å². The molecule has 1 amide bonds. The molecule has 0 saturated carbocycles. The summed E-state index contributed by atoms with van der Waals surface area (Å²) in [6.45, 7) is 5.09. The smallest absolute Gasteiger partial charge is 0.254 e. The van der Waals surface area contributed by atoms with E-state index in [9.17, 15) is 4.79 Å². The van der Waals surface area contributed by atoms with Crippen LogP contribution in [0.5, 0.6) is 23.0 Å². The highest BCUT2D eigenvalue weighted by Crippen LogP contribution is 2.37. The molecule has 0 saturated heterocycles. The highest BCUT2D eigenvalue weighted by molar-refractivity contribution is 5.95. The maximum Gasteiger partial charge on any atom is 0.254 e. The Bertz CT molecular complexity index is 914. The number of nitrogens with zero attached hydrogens (tertiary/aromatic N) is 1. The Labute approximate surface area is 184 Å². The van der Waals surface area contributed by atoms with E-state index in [4.69, 9.17) is 19.9 Å². The first-order valence-corrected chi connectivity index (χ1v) is 9.69. The van der Waals surface area contributed by atoms with Crippen molar-refractivity contribution >= 4 is 18.3 Å². The van der Waals surface area contributed by atoms with Gasteiger partial charge in [-0.1, -0.05) is 32.1 Å². The van der Waals surface area contributed by atoms with Crippen molar-refractivity contribution in [2.24, 2.45) is 11.7 Å². The number of carbonyl (C=O) groups is 1. The number of benzene rings is 2. The fourth-order valence-electron chi connectivity index (χ4n) is 3.55. The van der Waals surface area contributed by atoms with Gasteiger partial charge < -0.3 is 24.8 Å². The summed E-state index contributed by atoms with van der Waals surface area (Å²) in [5, 5.41) is 0. The van der Waals surface area contributed by atoms with Crippen molar-refractivity contribution in [3.63, 3.8) is 0 Å². The summed E-state index contributed by atoms with van der Waals surface area (Å²) in [4.78, 5) is 15.0. The van der Waals surface area contributed by atoms with E-state index in [1.165, 1.54) is 0 Å². The van der Waals surface area contributed by atoms with Gasteiger partial charge in [0.05, 0.1) is 25.8 Å². The Balaban J connectivity index is 0.00000320. The van der Waals surface area contributed by atoms with Gasteiger partial charge >= 0.3 is 0 Å². The topological polar surface area (TPSA) is 74.0 Å². The first-order valence-electron chi connectivity index (χ1n) is 9.69. The van der Waals surface area contributed by atoms with E-state index in [0.29, 0.717) is 41.0 Å². The number of nitrogens with two attached hydrogens (primary N) is 1. The van der Waals surface area contributed by atoms with E-state index < -0.39 is 0 Å². The molecule has 2 aromatic carbocycles. The zero-order valence-electron chi connectivity index (χ0n) is 17.8. The fraction of sp³-hybridized carbons (Fsp3) is 0.348. The van der Waals surface area contributed by atoms with Crippen molar-refractivity contribution in [3.05, 3.63) is 59.7 Å². The lowest BCUT2D eigenvalue weighted by Crippen LogP contribution is -2.39. The summed E-state index contributed by atoms with van der Waals surface area (Å²) in [5.74, 6) is 2.51. The molecular formula is C23H29ClN2O4. The van der Waals surface area contributed by atoms with E-state index >= 15 is 0 Å². The Morgan fingerprint density at radius 2 is 1.80 bits per heavy atom. The summed E-state index contributed by atoms with van der Waals surface area (Å²) >= 11 is 0. The van der Waals surface area contributed by atoms with Crippen LogP contribution < -0.4 is 19.9 Å². The summed E-state index contributed by atoms with van der Waals surface area (Å²) in [7, 11) is 3.16. The zero-order chi connectivity index (χ0) is 21.0. The minimum absolute atomic E-state index is 0. The lowest BCUT2D eigenvalue weighted by atomic mass is 10.0. The third-order valence-corrected chi connectivity index (χ3v) is 5.08. The van der Waals surface area contributed by atoms with E-state index in [0.717, 1.165) is 5.56 Å². The van der Waals surface area contributed by atoms with Gasteiger partial charge in [0.25, 0.3) is 5.91 Å². The molecule has 0 aromatic heterocycles. The van der Waals surface area contributed by atoms with Crippen molar-refractivity contribution in [2.75, 3.05) is 20.8 Å². The molecule has 0 bridgehead atoms. The van der Waals surface area contributed by atoms with E-state index in [1.807, 2.05) is 29.2 Å². The van der Waals surface area contributed by atoms with Gasteiger partial charge in [-0.3, -0.25) is 4.79 Å². The van der Waals surface area contributed by atoms with Crippen LogP contribution in [0.25, 0.3) is 0 Å². The normalized spacial score (nSPS) is 15.1. The van der Waals surface area contributed by atoms with Gasteiger partial charge in [-0.25, -0.2) is 0 Å². The predicted molar refractivity (Wildman–Crippen MR) is 120 cm³/mol. The average Bonchev–Trinajstić information content (AvgIpc) is 3.23. The van der Waals surface area contributed by atoms with Crippen LogP contribution in [-0.2, 0) is 6.54 Å². The lowest BCUT2D eigenvalue weighted by molar-refractivity contribution is 0.0720. The second-order valence-electron chi connectivity index (χ2n) is 7.23. The molecule has 2 aromatic rings. The van der Waals surface area contributed by atoms with Crippen molar-refractivity contribution < 1.29 is 19.0 Å². The fourth-order valence-corrected chi connectivity index (χ4v) is 3.55. The summed E-state index contributed by atoms with van der Waals surface area (Å²) in [6.07, 6.45) is 4.13. The lowest BCUT2D eigenvalue weighted by Gasteiger charge is -2.27. The molecule has 2 N–H and O–H groups in total. The molecule has 1 heterocycles. The molecule has 30 heavy (non-hydrogen) atoms. The third-order valence-electron chi connectivity index (χ3n) is 5.08. The number of hydrogen-bond acceptors (Lipinski definition) is 5. The van der Waals surface area contributed by atoms with Gasteiger partial charge in [-0.2, -0.15) is 0 Å². The molecule has 7 heteroatoms. The number of methoxy groups -OCH3 is 2. The van der Waals surface area contributed by atoms with Gasteiger partial charge in [-0.05, 0) is 36.2 Å². The third kappa shape index (κ3) is 4.71. The van der Waals surface area contributed by atoms with Crippen molar-refractivity contribution in [1.29, 1.82) is 0 Å². The number of carbonyl (C=O) groups excluding carboxylic acids is 1. The van der Waals surface area contributed by atoms with Crippen molar-refractivity contribution in [1.82, 2.24) is 4.90 Å². The maximum absolute atomic E-state index is 13.1. The SMILES string of the molecule is COc1ccc(C(=O)N2CC=CC2C(C)C)cc1Oc1cccc(OC)c1CN.Cl. The molecule has 3 rings (SSSR count). The van der Waals surface area contributed by atoms with Gasteiger partial charge in [0, 0.05) is 18.7 Å². The van der Waals surface area contributed by atoms with Gasteiger partial charge in [0.1, 0.15) is 11.5 Å². The first kappa shape index (κ1) is 23.6. The molecule has 0 spiro atoms. The Hall–Kier alpha value is -2.70. The first-order chi connectivity index (χ1) is 14.0. The van der Waals surface area contributed by atoms with Gasteiger partial charge in [0.2, 0.25) is 0 Å². The molecule has 0 fully saturated rings. The summed E-state index contributed by atoms with van der Waals surface area (Å²) < 4.78 is 16.9. The summed E-state index contributed by atoms with van der Waals surface area (Å²) in [6, 6.07) is 10.8. The highest BCUT2D eigenvalue weighted by atomic mass is 35.5. The molecule has 162 valence electrons. The number of rotatable bonds is 7. The number of hydrogen-bond donors (Lipinski definition) is 1. The van der Waals surface area contributed by atoms with E-state index in [-0.39, 0.29) is 30.9 Å². The molecule has 0 radical (unpaired) electrons. The predicted octanol–water partition coefficient (Wildman–Crippen LogP) is 4.41. The van der Waals surface area contributed by atoms with Crippen LogP contribution in [0.3, 0.4) is 0 Å². The largest absolute Gasteiger partial charge is 0.496 e. The van der Waals surface area contributed by atoms with Crippen LogP contribution in [0.2, 0.25) is 0 Å². The van der Waals surface area contributed by atoms with Crippen LogP contribution in [0.1, 0.15) is 29.8 Å². The maximum atomic E-state index is 13.1. The van der Waals surface area contributed by atoms with Crippen molar-refractivity contribution in [2.45, 2.75) is 26.4 Å².